The first kappa shape index (κ1) is 16.5. The Morgan fingerprint density at radius 3 is 2.35 bits per heavy atom. The van der Waals surface area contributed by atoms with Crippen molar-refractivity contribution in [2.45, 2.75) is 6.92 Å². The Kier molecular flexibility index (Phi) is 5.36. The monoisotopic (exact) mass is 311 g/mol. The summed E-state index contributed by atoms with van der Waals surface area (Å²) in [5.41, 5.74) is 3.22. The summed E-state index contributed by atoms with van der Waals surface area (Å²) in [6.45, 7) is 2.13. The van der Waals surface area contributed by atoms with Gasteiger partial charge in [0, 0.05) is 31.0 Å². The Hall–Kier alpha value is -2.82. The Morgan fingerprint density at radius 1 is 1.00 bits per heavy atom. The largest absolute Gasteiger partial charge is 0.376 e. The van der Waals surface area contributed by atoms with Crippen molar-refractivity contribution in [3.05, 3.63) is 59.7 Å². The number of aryl methyl sites for hydroxylation is 1. The van der Waals surface area contributed by atoms with Crippen molar-refractivity contribution < 1.29 is 9.59 Å². The molecule has 5 nitrogen and oxygen atoms in total. The van der Waals surface area contributed by atoms with Crippen LogP contribution in [0.1, 0.15) is 15.9 Å². The first-order chi connectivity index (χ1) is 11.0. The summed E-state index contributed by atoms with van der Waals surface area (Å²) >= 11 is 0. The van der Waals surface area contributed by atoms with Crippen LogP contribution < -0.4 is 10.6 Å². The Balaban J connectivity index is 1.92. The van der Waals surface area contributed by atoms with Crippen LogP contribution in [0.2, 0.25) is 0 Å². The molecule has 2 rings (SSSR count). The van der Waals surface area contributed by atoms with Crippen molar-refractivity contribution in [2.75, 3.05) is 31.3 Å². The van der Waals surface area contributed by atoms with Gasteiger partial charge < -0.3 is 15.5 Å². The molecule has 0 aliphatic rings. The normalized spacial score (nSPS) is 10.0. The first-order valence-corrected chi connectivity index (χ1v) is 7.38. The molecule has 23 heavy (non-hydrogen) atoms. The molecule has 2 aromatic carbocycles. The number of benzene rings is 2. The molecular formula is C18H21N3O2. The fourth-order valence-electron chi connectivity index (χ4n) is 2.04. The van der Waals surface area contributed by atoms with Crippen LogP contribution in [0, 0.1) is 6.92 Å². The molecule has 0 heterocycles. The van der Waals surface area contributed by atoms with Gasteiger partial charge in [0.1, 0.15) is 0 Å². The molecule has 2 N–H and O–H groups in total. The third kappa shape index (κ3) is 4.85. The van der Waals surface area contributed by atoms with Gasteiger partial charge in [0.2, 0.25) is 5.91 Å². The molecule has 120 valence electrons. The predicted octanol–water partition coefficient (Wildman–Crippen LogP) is 2.75. The second-order valence-corrected chi connectivity index (χ2v) is 5.55. The molecule has 0 radical (unpaired) electrons. The van der Waals surface area contributed by atoms with Crippen LogP contribution in [0.5, 0.6) is 0 Å². The SMILES string of the molecule is Cc1ccc(NC(=O)CNc2cccc(C(=O)N(C)C)c2)cc1. The van der Waals surface area contributed by atoms with Gasteiger partial charge in [0.25, 0.3) is 5.91 Å². The average molecular weight is 311 g/mol. The van der Waals surface area contributed by atoms with Crippen LogP contribution in [-0.4, -0.2) is 37.4 Å². The van der Waals surface area contributed by atoms with E-state index in [2.05, 4.69) is 10.6 Å². The Morgan fingerprint density at radius 2 is 1.70 bits per heavy atom. The second kappa shape index (κ2) is 7.45. The van der Waals surface area contributed by atoms with Crippen LogP contribution in [0.15, 0.2) is 48.5 Å². The lowest BCUT2D eigenvalue weighted by Gasteiger charge is -2.12. The minimum atomic E-state index is -0.141. The number of nitrogens with zero attached hydrogens (tertiary/aromatic N) is 1. The van der Waals surface area contributed by atoms with Crippen LogP contribution in [0.3, 0.4) is 0 Å². The van der Waals surface area contributed by atoms with Crippen molar-refractivity contribution in [3.63, 3.8) is 0 Å². The van der Waals surface area contributed by atoms with E-state index < -0.39 is 0 Å². The van der Waals surface area contributed by atoms with Crippen molar-refractivity contribution in [1.82, 2.24) is 4.90 Å². The van der Waals surface area contributed by atoms with E-state index in [0.29, 0.717) is 5.56 Å². The molecule has 0 saturated carbocycles. The highest BCUT2D eigenvalue weighted by Crippen LogP contribution is 2.12. The zero-order valence-corrected chi connectivity index (χ0v) is 13.6. The summed E-state index contributed by atoms with van der Waals surface area (Å²) in [5.74, 6) is -0.212. The van der Waals surface area contributed by atoms with Crippen LogP contribution in [0.25, 0.3) is 0 Å². The van der Waals surface area contributed by atoms with E-state index in [1.807, 2.05) is 37.3 Å². The fourth-order valence-corrected chi connectivity index (χ4v) is 2.04. The quantitative estimate of drug-likeness (QED) is 0.892. The molecule has 0 atom stereocenters. The lowest BCUT2D eigenvalue weighted by molar-refractivity contribution is -0.114. The highest BCUT2D eigenvalue weighted by molar-refractivity contribution is 5.96. The molecule has 0 aromatic heterocycles. The molecule has 0 bridgehead atoms. The highest BCUT2D eigenvalue weighted by Gasteiger charge is 2.08. The number of hydrogen-bond acceptors (Lipinski definition) is 3. The summed E-state index contributed by atoms with van der Waals surface area (Å²) < 4.78 is 0. The van der Waals surface area contributed by atoms with Crippen molar-refractivity contribution in [1.29, 1.82) is 0 Å². The zero-order valence-electron chi connectivity index (χ0n) is 13.6. The Labute approximate surface area is 136 Å². The molecule has 5 heteroatoms. The smallest absolute Gasteiger partial charge is 0.253 e. The van der Waals surface area contributed by atoms with Crippen molar-refractivity contribution in [3.8, 4) is 0 Å². The maximum atomic E-state index is 11.9. The number of anilines is 2. The van der Waals surface area contributed by atoms with E-state index in [1.54, 1.807) is 32.3 Å². The van der Waals surface area contributed by atoms with Gasteiger partial charge in [-0.25, -0.2) is 0 Å². The molecule has 0 saturated heterocycles. The van der Waals surface area contributed by atoms with E-state index in [-0.39, 0.29) is 18.4 Å². The molecule has 2 aromatic rings. The standard InChI is InChI=1S/C18H21N3O2/c1-13-7-9-15(10-8-13)20-17(22)12-19-16-6-4-5-14(11-16)18(23)21(2)3/h4-11,19H,12H2,1-3H3,(H,20,22). The molecular weight excluding hydrogens is 290 g/mol. The summed E-state index contributed by atoms with van der Waals surface area (Å²) in [6.07, 6.45) is 0. The minimum absolute atomic E-state index is 0.0715. The maximum absolute atomic E-state index is 11.9. The molecule has 0 spiro atoms. The number of amides is 2. The van der Waals surface area contributed by atoms with Gasteiger partial charge in [-0.2, -0.15) is 0 Å². The zero-order chi connectivity index (χ0) is 16.8. The summed E-state index contributed by atoms with van der Waals surface area (Å²) in [5, 5.41) is 5.85. The lowest BCUT2D eigenvalue weighted by Crippen LogP contribution is -2.23. The van der Waals surface area contributed by atoms with E-state index >= 15 is 0 Å². The average Bonchev–Trinajstić information content (AvgIpc) is 2.54. The minimum Gasteiger partial charge on any atom is -0.376 e. The number of carbonyl (C=O) groups excluding carboxylic acids is 2. The first-order valence-electron chi connectivity index (χ1n) is 7.38. The van der Waals surface area contributed by atoms with Gasteiger partial charge in [0.05, 0.1) is 6.54 Å². The Bertz CT molecular complexity index is 694. The topological polar surface area (TPSA) is 61.4 Å². The molecule has 0 fully saturated rings. The highest BCUT2D eigenvalue weighted by atomic mass is 16.2. The lowest BCUT2D eigenvalue weighted by atomic mass is 10.2. The van der Waals surface area contributed by atoms with Crippen molar-refractivity contribution >= 4 is 23.2 Å². The van der Waals surface area contributed by atoms with Crippen LogP contribution in [0.4, 0.5) is 11.4 Å². The molecule has 0 aliphatic heterocycles. The number of hydrogen-bond donors (Lipinski definition) is 2. The van der Waals surface area contributed by atoms with Gasteiger partial charge >= 0.3 is 0 Å². The summed E-state index contributed by atoms with van der Waals surface area (Å²) in [6, 6.07) is 14.7. The fraction of sp³-hybridized carbons (Fsp3) is 0.222. The second-order valence-electron chi connectivity index (χ2n) is 5.55. The van der Waals surface area contributed by atoms with E-state index in [9.17, 15) is 9.59 Å². The maximum Gasteiger partial charge on any atom is 0.253 e. The third-order valence-electron chi connectivity index (χ3n) is 3.30. The van der Waals surface area contributed by atoms with E-state index in [1.165, 1.54) is 4.90 Å². The van der Waals surface area contributed by atoms with Gasteiger partial charge in [-0.05, 0) is 37.3 Å². The van der Waals surface area contributed by atoms with E-state index in [0.717, 1.165) is 16.9 Å². The molecule has 0 unspecified atom stereocenters. The van der Waals surface area contributed by atoms with Gasteiger partial charge in [-0.1, -0.05) is 23.8 Å². The third-order valence-corrected chi connectivity index (χ3v) is 3.30. The number of carbonyl (C=O) groups is 2. The number of nitrogens with one attached hydrogen (secondary N) is 2. The molecule has 0 aliphatic carbocycles. The van der Waals surface area contributed by atoms with Crippen LogP contribution in [-0.2, 0) is 4.79 Å². The van der Waals surface area contributed by atoms with Crippen LogP contribution >= 0.6 is 0 Å². The summed E-state index contributed by atoms with van der Waals surface area (Å²) in [7, 11) is 3.41. The van der Waals surface area contributed by atoms with Gasteiger partial charge in [-0.3, -0.25) is 9.59 Å². The van der Waals surface area contributed by atoms with Gasteiger partial charge in [-0.15, -0.1) is 0 Å². The number of rotatable bonds is 5. The molecule has 2 amide bonds. The van der Waals surface area contributed by atoms with E-state index in [4.69, 9.17) is 0 Å². The predicted molar refractivity (Wildman–Crippen MR) is 92.8 cm³/mol. The van der Waals surface area contributed by atoms with Crippen molar-refractivity contribution in [2.24, 2.45) is 0 Å². The summed E-state index contributed by atoms with van der Waals surface area (Å²) in [4.78, 5) is 25.4. The van der Waals surface area contributed by atoms with Gasteiger partial charge in [0.15, 0.2) is 0 Å².